The van der Waals surface area contributed by atoms with E-state index in [4.69, 9.17) is 0 Å². The number of hydrogen-bond acceptors (Lipinski definition) is 7. The molecule has 0 aliphatic carbocycles. The van der Waals surface area contributed by atoms with E-state index in [0.717, 1.165) is 6.07 Å². The Labute approximate surface area is 157 Å². The molecule has 0 radical (unpaired) electrons. The molecule has 11 heteroatoms. The number of nitrogens with zero attached hydrogens (tertiary/aromatic N) is 3. The minimum Gasteiger partial charge on any atom is -0.298 e. The first kappa shape index (κ1) is 20.9. The van der Waals surface area contributed by atoms with Gasteiger partial charge in [-0.2, -0.15) is 0 Å². The standard InChI is InChI=1S/C16H18FN3O5S2/c1-10(2)14-12(9-21)15(11-7-5-6-8-13(11)17)19-16(18-14)20(26(3,22)23)27(4,24)25/h5-10H,1-4H3. The first-order valence-electron chi connectivity index (χ1n) is 7.70. The predicted octanol–water partition coefficient (Wildman–Crippen LogP) is 1.94. The van der Waals surface area contributed by atoms with Crippen molar-refractivity contribution in [2.75, 3.05) is 16.2 Å². The quantitative estimate of drug-likeness (QED) is 0.662. The van der Waals surface area contributed by atoms with E-state index in [1.165, 1.54) is 18.2 Å². The zero-order chi connectivity index (χ0) is 20.6. The summed E-state index contributed by atoms with van der Waals surface area (Å²) in [5.74, 6) is -1.77. The van der Waals surface area contributed by atoms with Gasteiger partial charge in [0.1, 0.15) is 5.82 Å². The first-order valence-corrected chi connectivity index (χ1v) is 11.4. The third-order valence-electron chi connectivity index (χ3n) is 3.52. The van der Waals surface area contributed by atoms with Crippen molar-refractivity contribution in [3.8, 4) is 11.3 Å². The zero-order valence-electron chi connectivity index (χ0n) is 15.0. The van der Waals surface area contributed by atoms with Gasteiger partial charge in [-0.15, -0.1) is 3.71 Å². The van der Waals surface area contributed by atoms with Gasteiger partial charge in [0.15, 0.2) is 6.29 Å². The fourth-order valence-corrected chi connectivity index (χ4v) is 5.24. The highest BCUT2D eigenvalue weighted by Crippen LogP contribution is 2.31. The highest BCUT2D eigenvalue weighted by Gasteiger charge is 2.32. The van der Waals surface area contributed by atoms with E-state index < -0.39 is 37.7 Å². The maximum Gasteiger partial charge on any atom is 0.254 e. The van der Waals surface area contributed by atoms with Crippen molar-refractivity contribution in [1.82, 2.24) is 9.97 Å². The highest BCUT2D eigenvalue weighted by atomic mass is 32.3. The van der Waals surface area contributed by atoms with Gasteiger partial charge in [-0.3, -0.25) is 4.79 Å². The lowest BCUT2D eigenvalue weighted by molar-refractivity contribution is 0.112. The summed E-state index contributed by atoms with van der Waals surface area (Å²) in [5, 5.41) is 0. The second-order valence-corrected chi connectivity index (χ2v) is 10.0. The topological polar surface area (TPSA) is 114 Å². The van der Waals surface area contributed by atoms with Gasteiger partial charge in [0.05, 0.1) is 29.5 Å². The molecule has 0 bridgehead atoms. The Morgan fingerprint density at radius 2 is 1.59 bits per heavy atom. The lowest BCUT2D eigenvalue weighted by Gasteiger charge is -2.21. The van der Waals surface area contributed by atoms with E-state index >= 15 is 0 Å². The van der Waals surface area contributed by atoms with E-state index in [1.807, 2.05) is 0 Å². The predicted molar refractivity (Wildman–Crippen MR) is 99.1 cm³/mol. The highest BCUT2D eigenvalue weighted by molar-refractivity contribution is 8.09. The Morgan fingerprint density at radius 3 is 2.04 bits per heavy atom. The fourth-order valence-electron chi connectivity index (χ4n) is 2.51. The largest absolute Gasteiger partial charge is 0.298 e. The molecule has 1 aromatic carbocycles. The molecule has 146 valence electrons. The average molecular weight is 415 g/mol. The van der Waals surface area contributed by atoms with Crippen LogP contribution in [0.3, 0.4) is 0 Å². The van der Waals surface area contributed by atoms with Crippen LogP contribution in [0.25, 0.3) is 11.3 Å². The zero-order valence-corrected chi connectivity index (χ0v) is 16.7. The number of benzene rings is 1. The van der Waals surface area contributed by atoms with Crippen LogP contribution in [-0.4, -0.2) is 45.6 Å². The van der Waals surface area contributed by atoms with Crippen LogP contribution in [0.2, 0.25) is 0 Å². The van der Waals surface area contributed by atoms with E-state index in [9.17, 15) is 26.0 Å². The van der Waals surface area contributed by atoms with Crippen molar-refractivity contribution in [1.29, 1.82) is 0 Å². The van der Waals surface area contributed by atoms with Gasteiger partial charge in [-0.25, -0.2) is 31.2 Å². The van der Waals surface area contributed by atoms with Gasteiger partial charge >= 0.3 is 0 Å². The maximum atomic E-state index is 14.3. The fraction of sp³-hybridized carbons (Fsp3) is 0.312. The summed E-state index contributed by atoms with van der Waals surface area (Å²) in [7, 11) is -8.62. The van der Waals surface area contributed by atoms with Gasteiger partial charge in [-0.05, 0) is 18.1 Å². The second-order valence-electron chi connectivity index (χ2n) is 6.15. The number of carbonyl (C=O) groups is 1. The Balaban J connectivity index is 2.98. The van der Waals surface area contributed by atoms with Gasteiger partial charge < -0.3 is 0 Å². The molecule has 2 rings (SSSR count). The smallest absolute Gasteiger partial charge is 0.254 e. The third-order valence-corrected chi connectivity index (χ3v) is 6.68. The Morgan fingerprint density at radius 1 is 1.04 bits per heavy atom. The van der Waals surface area contributed by atoms with Crippen LogP contribution in [0.1, 0.15) is 35.8 Å². The van der Waals surface area contributed by atoms with Gasteiger partial charge in [0.2, 0.25) is 20.0 Å². The average Bonchev–Trinajstić information content (AvgIpc) is 2.51. The molecule has 0 spiro atoms. The van der Waals surface area contributed by atoms with Crippen LogP contribution in [0, 0.1) is 5.82 Å². The normalized spacial score (nSPS) is 12.2. The summed E-state index contributed by atoms with van der Waals surface area (Å²) >= 11 is 0. The summed E-state index contributed by atoms with van der Waals surface area (Å²) < 4.78 is 62.6. The Hall–Kier alpha value is -2.40. The number of rotatable bonds is 6. The molecule has 0 saturated heterocycles. The van der Waals surface area contributed by atoms with E-state index in [-0.39, 0.29) is 26.2 Å². The Bertz CT molecular complexity index is 1070. The third kappa shape index (κ3) is 4.30. The summed E-state index contributed by atoms with van der Waals surface area (Å²) in [5.41, 5.74) is -0.201. The molecule has 0 atom stereocenters. The lowest BCUT2D eigenvalue weighted by Crippen LogP contribution is -2.37. The summed E-state index contributed by atoms with van der Waals surface area (Å²) in [6.45, 7) is 3.35. The molecule has 0 saturated carbocycles. The molecule has 0 fully saturated rings. The van der Waals surface area contributed by atoms with Crippen molar-refractivity contribution in [2.45, 2.75) is 19.8 Å². The maximum absolute atomic E-state index is 14.3. The van der Waals surface area contributed by atoms with Crippen LogP contribution in [0.15, 0.2) is 24.3 Å². The number of sulfonamides is 2. The lowest BCUT2D eigenvalue weighted by atomic mass is 9.99. The molecule has 0 N–H and O–H groups in total. The number of anilines is 1. The molecule has 0 amide bonds. The van der Waals surface area contributed by atoms with Crippen LogP contribution >= 0.6 is 0 Å². The number of halogens is 1. The molecular weight excluding hydrogens is 397 g/mol. The van der Waals surface area contributed by atoms with Crippen LogP contribution < -0.4 is 3.71 Å². The minimum atomic E-state index is -4.31. The summed E-state index contributed by atoms with van der Waals surface area (Å²) in [4.78, 5) is 19.6. The Kier molecular flexibility index (Phi) is 5.66. The first-order chi connectivity index (χ1) is 12.4. The molecule has 0 aliphatic heterocycles. The molecule has 8 nitrogen and oxygen atoms in total. The SMILES string of the molecule is CC(C)c1nc(N(S(C)(=O)=O)S(C)(=O)=O)nc(-c2ccccc2F)c1C=O. The second kappa shape index (κ2) is 7.31. The molecular formula is C16H18FN3O5S2. The van der Waals surface area contributed by atoms with Crippen LogP contribution in [-0.2, 0) is 20.0 Å². The molecule has 27 heavy (non-hydrogen) atoms. The summed E-state index contributed by atoms with van der Waals surface area (Å²) in [6, 6.07) is 5.44. The minimum absolute atomic E-state index is 0.0409. The monoisotopic (exact) mass is 415 g/mol. The molecule has 1 heterocycles. The number of aldehydes is 1. The van der Waals surface area contributed by atoms with Gasteiger partial charge in [-0.1, -0.05) is 26.0 Å². The van der Waals surface area contributed by atoms with E-state index in [1.54, 1.807) is 13.8 Å². The van der Waals surface area contributed by atoms with Crippen molar-refractivity contribution in [3.05, 3.63) is 41.3 Å². The molecule has 1 aromatic heterocycles. The molecule has 0 unspecified atom stereocenters. The van der Waals surface area contributed by atoms with Crippen LogP contribution in [0.4, 0.5) is 10.3 Å². The van der Waals surface area contributed by atoms with Crippen molar-refractivity contribution in [2.24, 2.45) is 0 Å². The van der Waals surface area contributed by atoms with Crippen molar-refractivity contribution in [3.63, 3.8) is 0 Å². The van der Waals surface area contributed by atoms with Gasteiger partial charge in [0.25, 0.3) is 5.95 Å². The molecule has 0 aliphatic rings. The number of carbonyl (C=O) groups excluding carboxylic acids is 1. The number of aromatic nitrogens is 2. The van der Waals surface area contributed by atoms with Gasteiger partial charge in [0, 0.05) is 5.56 Å². The van der Waals surface area contributed by atoms with Crippen LogP contribution in [0.5, 0.6) is 0 Å². The summed E-state index contributed by atoms with van der Waals surface area (Å²) in [6.07, 6.45) is 1.80. The van der Waals surface area contributed by atoms with Crippen molar-refractivity contribution < 1.29 is 26.0 Å². The molecule has 2 aromatic rings. The van der Waals surface area contributed by atoms with Crippen molar-refractivity contribution >= 4 is 32.3 Å². The number of hydrogen-bond donors (Lipinski definition) is 0. The van der Waals surface area contributed by atoms with E-state index in [0.29, 0.717) is 18.8 Å². The van der Waals surface area contributed by atoms with E-state index in [2.05, 4.69) is 9.97 Å².